The highest BCUT2D eigenvalue weighted by molar-refractivity contribution is 5.96. The second-order valence-electron chi connectivity index (χ2n) is 5.85. The largest absolute Gasteiger partial charge is 0.465 e. The van der Waals surface area contributed by atoms with Gasteiger partial charge in [0.05, 0.1) is 11.9 Å². The first-order chi connectivity index (χ1) is 12.7. The van der Waals surface area contributed by atoms with Crippen LogP contribution in [-0.4, -0.2) is 5.90 Å². The minimum absolute atomic E-state index is 0.501. The van der Waals surface area contributed by atoms with Crippen molar-refractivity contribution in [2.75, 3.05) is 0 Å². The maximum atomic E-state index is 6.10. The highest BCUT2D eigenvalue weighted by Gasteiger charge is 2.09. The van der Waals surface area contributed by atoms with E-state index in [0.717, 1.165) is 28.3 Å². The molecule has 0 atom stereocenters. The number of para-hydroxylation sites is 3. The molecule has 0 N–H and O–H groups in total. The van der Waals surface area contributed by atoms with Crippen LogP contribution in [0.4, 0.5) is 5.69 Å². The summed E-state index contributed by atoms with van der Waals surface area (Å²) in [5.74, 6) is 2.04. The SMILES string of the molecule is C/C(=C\Oc1ccccc1)C(=Nc1ccccc1)Oc1ccccc1C. The molecule has 3 aromatic rings. The smallest absolute Gasteiger partial charge is 0.225 e. The Morgan fingerprint density at radius 1 is 0.808 bits per heavy atom. The summed E-state index contributed by atoms with van der Waals surface area (Å²) in [6.07, 6.45) is 1.66. The van der Waals surface area contributed by atoms with Crippen molar-refractivity contribution < 1.29 is 9.47 Å². The van der Waals surface area contributed by atoms with Crippen molar-refractivity contribution in [3.05, 3.63) is 102 Å². The molecule has 0 fully saturated rings. The summed E-state index contributed by atoms with van der Waals surface area (Å²) in [6, 6.07) is 27.2. The molecule has 0 unspecified atom stereocenters. The van der Waals surface area contributed by atoms with Crippen molar-refractivity contribution in [2.45, 2.75) is 13.8 Å². The monoisotopic (exact) mass is 343 g/mol. The molecule has 0 saturated heterocycles. The molecule has 3 nitrogen and oxygen atoms in total. The summed E-state index contributed by atoms with van der Waals surface area (Å²) in [7, 11) is 0. The van der Waals surface area contributed by atoms with Gasteiger partial charge in [0.25, 0.3) is 0 Å². The van der Waals surface area contributed by atoms with E-state index < -0.39 is 0 Å². The third-order valence-corrected chi connectivity index (χ3v) is 3.74. The molecule has 0 radical (unpaired) electrons. The van der Waals surface area contributed by atoms with Gasteiger partial charge in [-0.05, 0) is 49.7 Å². The maximum absolute atomic E-state index is 6.10. The Labute approximate surface area is 154 Å². The fourth-order valence-corrected chi connectivity index (χ4v) is 2.29. The number of aliphatic imine (C=N–C) groups is 1. The molecule has 26 heavy (non-hydrogen) atoms. The van der Waals surface area contributed by atoms with Crippen LogP contribution in [0.2, 0.25) is 0 Å². The van der Waals surface area contributed by atoms with Crippen molar-refractivity contribution in [2.24, 2.45) is 4.99 Å². The molecule has 0 spiro atoms. The van der Waals surface area contributed by atoms with Crippen molar-refractivity contribution in [3.8, 4) is 11.5 Å². The Morgan fingerprint density at radius 3 is 2.12 bits per heavy atom. The van der Waals surface area contributed by atoms with E-state index in [0.29, 0.717) is 5.90 Å². The Kier molecular flexibility index (Phi) is 5.84. The van der Waals surface area contributed by atoms with Crippen molar-refractivity contribution in [1.82, 2.24) is 0 Å². The number of nitrogens with zero attached hydrogens (tertiary/aromatic N) is 1. The zero-order valence-corrected chi connectivity index (χ0v) is 14.9. The molecule has 0 amide bonds. The Bertz CT molecular complexity index is 900. The Hall–Kier alpha value is -3.33. The number of hydrogen-bond acceptors (Lipinski definition) is 3. The molecule has 0 aliphatic rings. The zero-order valence-electron chi connectivity index (χ0n) is 14.9. The van der Waals surface area contributed by atoms with Crippen LogP contribution in [0.1, 0.15) is 12.5 Å². The van der Waals surface area contributed by atoms with E-state index >= 15 is 0 Å². The lowest BCUT2D eigenvalue weighted by atomic mass is 10.2. The van der Waals surface area contributed by atoms with Crippen molar-refractivity contribution in [1.29, 1.82) is 0 Å². The van der Waals surface area contributed by atoms with Gasteiger partial charge in [0, 0.05) is 5.57 Å². The van der Waals surface area contributed by atoms with Crippen LogP contribution in [0.25, 0.3) is 0 Å². The van der Waals surface area contributed by atoms with E-state index in [4.69, 9.17) is 9.47 Å². The normalized spacial score (nSPS) is 11.9. The molecule has 0 saturated carbocycles. The van der Waals surface area contributed by atoms with Gasteiger partial charge in [-0.1, -0.05) is 54.6 Å². The van der Waals surface area contributed by atoms with Gasteiger partial charge in [0.2, 0.25) is 5.90 Å². The van der Waals surface area contributed by atoms with Crippen LogP contribution >= 0.6 is 0 Å². The van der Waals surface area contributed by atoms with Gasteiger partial charge in [-0.3, -0.25) is 0 Å². The second kappa shape index (κ2) is 8.67. The fraction of sp³-hybridized carbons (Fsp3) is 0.0870. The molecule has 0 aliphatic heterocycles. The molecular weight excluding hydrogens is 322 g/mol. The molecule has 0 aliphatic carbocycles. The molecule has 130 valence electrons. The molecular formula is C23H21NO2. The number of ether oxygens (including phenoxy) is 2. The summed E-state index contributed by atoms with van der Waals surface area (Å²) in [5.41, 5.74) is 2.66. The quantitative estimate of drug-likeness (QED) is 0.319. The van der Waals surface area contributed by atoms with Gasteiger partial charge >= 0.3 is 0 Å². The summed E-state index contributed by atoms with van der Waals surface area (Å²) < 4.78 is 11.8. The van der Waals surface area contributed by atoms with Crippen LogP contribution in [-0.2, 0) is 0 Å². The van der Waals surface area contributed by atoms with Crippen molar-refractivity contribution in [3.63, 3.8) is 0 Å². The van der Waals surface area contributed by atoms with Crippen LogP contribution in [0, 0.1) is 6.92 Å². The van der Waals surface area contributed by atoms with Gasteiger partial charge < -0.3 is 9.47 Å². The lowest BCUT2D eigenvalue weighted by molar-refractivity contribution is 0.473. The lowest BCUT2D eigenvalue weighted by Crippen LogP contribution is -2.11. The van der Waals surface area contributed by atoms with Crippen LogP contribution in [0.5, 0.6) is 11.5 Å². The van der Waals surface area contributed by atoms with E-state index in [2.05, 4.69) is 4.99 Å². The first-order valence-corrected chi connectivity index (χ1v) is 8.48. The molecule has 0 heterocycles. The zero-order chi connectivity index (χ0) is 18.2. The van der Waals surface area contributed by atoms with E-state index in [1.807, 2.05) is 98.8 Å². The summed E-state index contributed by atoms with van der Waals surface area (Å²) in [5, 5.41) is 0. The number of aryl methyl sites for hydroxylation is 1. The average Bonchev–Trinajstić information content (AvgIpc) is 2.69. The summed E-state index contributed by atoms with van der Waals surface area (Å²) in [4.78, 5) is 4.65. The van der Waals surface area contributed by atoms with Gasteiger partial charge in [-0.25, -0.2) is 4.99 Å². The van der Waals surface area contributed by atoms with E-state index in [1.165, 1.54) is 0 Å². The van der Waals surface area contributed by atoms with Gasteiger partial charge in [0.1, 0.15) is 11.5 Å². The first kappa shape index (κ1) is 17.5. The summed E-state index contributed by atoms with van der Waals surface area (Å²) >= 11 is 0. The van der Waals surface area contributed by atoms with Gasteiger partial charge in [-0.2, -0.15) is 0 Å². The van der Waals surface area contributed by atoms with Gasteiger partial charge in [0.15, 0.2) is 0 Å². The van der Waals surface area contributed by atoms with Crippen LogP contribution in [0.3, 0.4) is 0 Å². The first-order valence-electron chi connectivity index (χ1n) is 8.48. The third kappa shape index (κ3) is 4.84. The third-order valence-electron chi connectivity index (χ3n) is 3.74. The highest BCUT2D eigenvalue weighted by atomic mass is 16.5. The molecule has 3 aromatic carbocycles. The lowest BCUT2D eigenvalue weighted by Gasteiger charge is -2.12. The fourth-order valence-electron chi connectivity index (χ4n) is 2.29. The standard InChI is InChI=1S/C23H21NO2/c1-18-11-9-10-16-22(18)26-23(24-20-12-5-3-6-13-20)19(2)17-25-21-14-7-4-8-15-21/h3-17H,1-2H3/b19-17+,24-23?. The van der Waals surface area contributed by atoms with E-state index in [9.17, 15) is 0 Å². The predicted octanol–water partition coefficient (Wildman–Crippen LogP) is 6.09. The number of rotatable bonds is 5. The molecule has 0 bridgehead atoms. The summed E-state index contributed by atoms with van der Waals surface area (Å²) in [6.45, 7) is 3.93. The highest BCUT2D eigenvalue weighted by Crippen LogP contribution is 2.21. The molecule has 3 rings (SSSR count). The van der Waals surface area contributed by atoms with Crippen LogP contribution < -0.4 is 9.47 Å². The predicted molar refractivity (Wildman–Crippen MR) is 106 cm³/mol. The average molecular weight is 343 g/mol. The van der Waals surface area contributed by atoms with Crippen LogP contribution in [0.15, 0.2) is 102 Å². The second-order valence-corrected chi connectivity index (χ2v) is 5.85. The number of benzene rings is 3. The molecule has 0 aromatic heterocycles. The van der Waals surface area contributed by atoms with Gasteiger partial charge in [-0.15, -0.1) is 0 Å². The van der Waals surface area contributed by atoms with E-state index in [-0.39, 0.29) is 0 Å². The topological polar surface area (TPSA) is 30.8 Å². The maximum Gasteiger partial charge on any atom is 0.225 e. The Morgan fingerprint density at radius 2 is 1.42 bits per heavy atom. The minimum Gasteiger partial charge on any atom is -0.465 e. The number of hydrogen-bond donors (Lipinski definition) is 0. The van der Waals surface area contributed by atoms with E-state index in [1.54, 1.807) is 6.26 Å². The Balaban J connectivity index is 1.89. The minimum atomic E-state index is 0.501. The van der Waals surface area contributed by atoms with Crippen molar-refractivity contribution >= 4 is 11.6 Å². The molecule has 3 heteroatoms.